The topological polar surface area (TPSA) is 70.0 Å². The first-order chi connectivity index (χ1) is 17.0. The molecule has 5 rings (SSSR count). The van der Waals surface area contributed by atoms with Crippen LogP contribution in [0, 0.1) is 5.92 Å². The Hall–Kier alpha value is -3.57. The lowest BCUT2D eigenvalue weighted by atomic mass is 9.79. The van der Waals surface area contributed by atoms with Crippen LogP contribution in [0.25, 0.3) is 11.1 Å². The SMILES string of the molecule is CCC1CN(CCOc2ccc(C(=O)C3=C(c4ccc(O)cc4)CCc4cc(O)ccc43)cc2)C1. The number of allylic oxidation sites excluding steroid dienone is 2. The summed E-state index contributed by atoms with van der Waals surface area (Å²) in [5.41, 5.74) is 4.93. The standard InChI is InChI=1S/C30H31NO4/c1-2-20-18-31(19-20)15-16-35-26-11-5-22(6-12-26)30(34)29-27(21-3-8-24(32)9-4-21)13-7-23-17-25(33)10-14-28(23)29/h3-6,8-12,14,17,20,32-33H,2,7,13,15-16,18-19H2,1H3. The molecule has 180 valence electrons. The van der Waals surface area contributed by atoms with Crippen molar-refractivity contribution in [2.24, 2.45) is 5.92 Å². The second kappa shape index (κ2) is 9.96. The third-order valence-corrected chi connectivity index (χ3v) is 7.15. The number of fused-ring (bicyclic) bond motifs is 1. The zero-order valence-corrected chi connectivity index (χ0v) is 20.0. The van der Waals surface area contributed by atoms with Gasteiger partial charge in [0.15, 0.2) is 5.78 Å². The highest BCUT2D eigenvalue weighted by Crippen LogP contribution is 2.40. The van der Waals surface area contributed by atoms with Gasteiger partial charge in [0.1, 0.15) is 23.9 Å². The molecule has 2 N–H and O–H groups in total. The first-order valence-electron chi connectivity index (χ1n) is 12.4. The summed E-state index contributed by atoms with van der Waals surface area (Å²) in [6.07, 6.45) is 2.65. The Bertz CT molecular complexity index is 1240. The Balaban J connectivity index is 1.38. The lowest BCUT2D eigenvalue weighted by Crippen LogP contribution is -2.47. The molecule has 5 heteroatoms. The highest BCUT2D eigenvalue weighted by atomic mass is 16.5. The fourth-order valence-electron chi connectivity index (χ4n) is 5.05. The number of carbonyl (C=O) groups excluding carboxylic acids is 1. The van der Waals surface area contributed by atoms with Crippen molar-refractivity contribution < 1.29 is 19.7 Å². The Labute approximate surface area is 206 Å². The van der Waals surface area contributed by atoms with Crippen molar-refractivity contribution in [3.05, 3.63) is 89.0 Å². The molecule has 3 aromatic carbocycles. The van der Waals surface area contributed by atoms with E-state index in [1.165, 1.54) is 6.42 Å². The van der Waals surface area contributed by atoms with Gasteiger partial charge < -0.3 is 14.9 Å². The van der Waals surface area contributed by atoms with Crippen LogP contribution in [-0.2, 0) is 6.42 Å². The maximum atomic E-state index is 13.8. The van der Waals surface area contributed by atoms with Gasteiger partial charge in [0.25, 0.3) is 0 Å². The van der Waals surface area contributed by atoms with E-state index in [-0.39, 0.29) is 17.3 Å². The van der Waals surface area contributed by atoms with Gasteiger partial charge in [0.05, 0.1) is 0 Å². The van der Waals surface area contributed by atoms with Crippen molar-refractivity contribution in [1.29, 1.82) is 0 Å². The molecule has 35 heavy (non-hydrogen) atoms. The van der Waals surface area contributed by atoms with Crippen molar-refractivity contribution in [3.63, 3.8) is 0 Å². The van der Waals surface area contributed by atoms with E-state index in [1.807, 2.05) is 42.5 Å². The molecular weight excluding hydrogens is 438 g/mol. The van der Waals surface area contributed by atoms with Gasteiger partial charge in [-0.1, -0.05) is 31.5 Å². The third-order valence-electron chi connectivity index (χ3n) is 7.15. The van der Waals surface area contributed by atoms with Gasteiger partial charge in [0.2, 0.25) is 0 Å². The molecule has 0 amide bonds. The normalized spacial score (nSPS) is 16.0. The third kappa shape index (κ3) is 4.96. The van der Waals surface area contributed by atoms with Crippen LogP contribution in [0.1, 0.15) is 46.8 Å². The minimum absolute atomic E-state index is 0.0579. The van der Waals surface area contributed by atoms with Crippen LogP contribution in [0.5, 0.6) is 17.2 Å². The zero-order chi connectivity index (χ0) is 24.4. The number of ketones is 1. The highest BCUT2D eigenvalue weighted by Gasteiger charge is 2.27. The summed E-state index contributed by atoms with van der Waals surface area (Å²) in [6.45, 7) is 6.11. The number of hydrogen-bond donors (Lipinski definition) is 2. The minimum Gasteiger partial charge on any atom is -0.508 e. The van der Waals surface area contributed by atoms with Crippen molar-refractivity contribution in [1.82, 2.24) is 4.90 Å². The Morgan fingerprint density at radius 2 is 1.66 bits per heavy atom. The molecule has 2 aliphatic rings. The number of benzene rings is 3. The Morgan fingerprint density at radius 1 is 0.943 bits per heavy atom. The molecular formula is C30H31NO4. The Kier molecular flexibility index (Phi) is 6.60. The van der Waals surface area contributed by atoms with Gasteiger partial charge in [-0.2, -0.15) is 0 Å². The molecule has 0 aromatic heterocycles. The van der Waals surface area contributed by atoms with Crippen LogP contribution in [0.15, 0.2) is 66.7 Å². The molecule has 0 unspecified atom stereocenters. The number of hydrogen-bond acceptors (Lipinski definition) is 5. The maximum Gasteiger partial charge on any atom is 0.193 e. The summed E-state index contributed by atoms with van der Waals surface area (Å²) >= 11 is 0. The summed E-state index contributed by atoms with van der Waals surface area (Å²) in [6, 6.07) is 19.6. The highest BCUT2D eigenvalue weighted by molar-refractivity contribution is 6.35. The number of likely N-dealkylation sites (tertiary alicyclic amines) is 1. The van der Waals surface area contributed by atoms with Crippen LogP contribution in [0.2, 0.25) is 0 Å². The molecule has 1 fully saturated rings. The van der Waals surface area contributed by atoms with Crippen LogP contribution in [0.4, 0.5) is 0 Å². The summed E-state index contributed by atoms with van der Waals surface area (Å²) < 4.78 is 5.92. The molecule has 1 saturated heterocycles. The zero-order valence-electron chi connectivity index (χ0n) is 20.0. The summed E-state index contributed by atoms with van der Waals surface area (Å²) in [7, 11) is 0. The van der Waals surface area contributed by atoms with Gasteiger partial charge in [-0.25, -0.2) is 0 Å². The predicted molar refractivity (Wildman–Crippen MR) is 138 cm³/mol. The first kappa shape index (κ1) is 23.2. The molecule has 3 aromatic rings. The van der Waals surface area contributed by atoms with E-state index in [1.54, 1.807) is 24.3 Å². The van der Waals surface area contributed by atoms with Gasteiger partial charge >= 0.3 is 0 Å². The number of nitrogens with zero attached hydrogens (tertiary/aromatic N) is 1. The largest absolute Gasteiger partial charge is 0.508 e. The second-order valence-electron chi connectivity index (χ2n) is 9.48. The summed E-state index contributed by atoms with van der Waals surface area (Å²) in [5.74, 6) is 1.93. The van der Waals surface area contributed by atoms with Gasteiger partial charge in [-0.3, -0.25) is 9.69 Å². The van der Waals surface area contributed by atoms with E-state index in [4.69, 9.17) is 4.74 Å². The smallest absolute Gasteiger partial charge is 0.193 e. The predicted octanol–water partition coefficient (Wildman–Crippen LogP) is 5.56. The monoisotopic (exact) mass is 469 g/mol. The van der Waals surface area contributed by atoms with Crippen LogP contribution in [-0.4, -0.2) is 47.1 Å². The van der Waals surface area contributed by atoms with E-state index in [9.17, 15) is 15.0 Å². The number of phenols is 2. The fourth-order valence-corrected chi connectivity index (χ4v) is 5.05. The molecule has 0 radical (unpaired) electrons. The van der Waals surface area contributed by atoms with Crippen LogP contribution < -0.4 is 4.74 Å². The number of carbonyl (C=O) groups is 1. The average molecular weight is 470 g/mol. The van der Waals surface area contributed by atoms with Gasteiger partial charge in [-0.15, -0.1) is 0 Å². The number of phenolic OH excluding ortho intramolecular Hbond substituents is 2. The van der Waals surface area contributed by atoms with Crippen LogP contribution >= 0.6 is 0 Å². The van der Waals surface area contributed by atoms with Crippen LogP contribution in [0.3, 0.4) is 0 Å². The number of aryl methyl sites for hydroxylation is 1. The van der Waals surface area contributed by atoms with E-state index in [2.05, 4.69) is 11.8 Å². The average Bonchev–Trinajstić information content (AvgIpc) is 2.85. The van der Waals surface area contributed by atoms with Gasteiger partial charge in [-0.05, 0) is 89.6 Å². The van der Waals surface area contributed by atoms with E-state index >= 15 is 0 Å². The minimum atomic E-state index is -0.0579. The molecule has 1 aliphatic carbocycles. The molecule has 1 heterocycles. The first-order valence-corrected chi connectivity index (χ1v) is 12.4. The van der Waals surface area contributed by atoms with Gasteiger partial charge in [0, 0.05) is 30.8 Å². The quantitative estimate of drug-likeness (QED) is 0.423. The van der Waals surface area contributed by atoms with E-state index in [0.717, 1.165) is 60.0 Å². The number of aromatic hydroxyl groups is 2. The number of ether oxygens (including phenoxy) is 1. The van der Waals surface area contributed by atoms with Crippen molar-refractivity contribution >= 4 is 16.9 Å². The molecule has 0 bridgehead atoms. The molecule has 5 nitrogen and oxygen atoms in total. The lowest BCUT2D eigenvalue weighted by molar-refractivity contribution is 0.0806. The van der Waals surface area contributed by atoms with Crippen molar-refractivity contribution in [2.75, 3.05) is 26.2 Å². The molecule has 0 saturated carbocycles. The number of rotatable bonds is 8. The molecule has 1 aliphatic heterocycles. The van der Waals surface area contributed by atoms with E-state index in [0.29, 0.717) is 24.2 Å². The second-order valence-corrected chi connectivity index (χ2v) is 9.48. The van der Waals surface area contributed by atoms with Crippen molar-refractivity contribution in [2.45, 2.75) is 26.2 Å². The molecule has 0 spiro atoms. The maximum absolute atomic E-state index is 13.8. The van der Waals surface area contributed by atoms with E-state index < -0.39 is 0 Å². The Morgan fingerprint density at radius 3 is 2.37 bits per heavy atom. The number of Topliss-reactive ketones (excluding diaryl/α,β-unsaturated/α-hetero) is 1. The lowest BCUT2D eigenvalue weighted by Gasteiger charge is -2.38. The summed E-state index contributed by atoms with van der Waals surface area (Å²) in [5, 5.41) is 19.7. The van der Waals surface area contributed by atoms with Crippen molar-refractivity contribution in [3.8, 4) is 17.2 Å². The summed E-state index contributed by atoms with van der Waals surface area (Å²) in [4.78, 5) is 16.2. The molecule has 0 atom stereocenters. The fraction of sp³-hybridized carbons (Fsp3) is 0.300.